The molecule has 0 aliphatic heterocycles. The number of rotatable bonds is 5. The lowest BCUT2D eigenvalue weighted by Crippen LogP contribution is -2.23. The largest absolute Gasteiger partial charge is 0.496 e. The van der Waals surface area contributed by atoms with E-state index in [1.807, 2.05) is 49.4 Å². The number of nitrogens with zero attached hydrogens (tertiary/aromatic N) is 2. The summed E-state index contributed by atoms with van der Waals surface area (Å²) in [4.78, 5) is 20.8. The Kier molecular flexibility index (Phi) is 5.04. The summed E-state index contributed by atoms with van der Waals surface area (Å²) in [5, 5.41) is 2.87. The van der Waals surface area contributed by atoms with E-state index in [0.29, 0.717) is 12.1 Å². The predicted molar refractivity (Wildman–Crippen MR) is 96.4 cm³/mol. The van der Waals surface area contributed by atoms with Gasteiger partial charge in [0, 0.05) is 17.3 Å². The maximum absolute atomic E-state index is 12.4. The number of carbonyl (C=O) groups excluding carboxylic acids is 1. The molecule has 0 aliphatic rings. The number of benzene rings is 2. The highest BCUT2D eigenvalue weighted by Gasteiger charge is 2.10. The van der Waals surface area contributed by atoms with E-state index in [-0.39, 0.29) is 5.91 Å². The number of para-hydroxylation sites is 1. The number of ether oxygens (including phenoxy) is 1. The number of carbonyl (C=O) groups is 1. The van der Waals surface area contributed by atoms with Crippen molar-refractivity contribution < 1.29 is 9.53 Å². The van der Waals surface area contributed by atoms with Crippen LogP contribution in [0.3, 0.4) is 0 Å². The van der Waals surface area contributed by atoms with Crippen molar-refractivity contribution in [3.63, 3.8) is 0 Å². The molecule has 3 aromatic rings. The van der Waals surface area contributed by atoms with Gasteiger partial charge in [0.25, 0.3) is 5.91 Å². The summed E-state index contributed by atoms with van der Waals surface area (Å²) in [6, 6.07) is 15.2. The van der Waals surface area contributed by atoms with Gasteiger partial charge >= 0.3 is 0 Å². The van der Waals surface area contributed by atoms with Crippen LogP contribution >= 0.6 is 0 Å². The summed E-state index contributed by atoms with van der Waals surface area (Å²) in [7, 11) is 1.64. The topological polar surface area (TPSA) is 64.1 Å². The van der Waals surface area contributed by atoms with E-state index in [1.54, 1.807) is 25.6 Å². The summed E-state index contributed by atoms with van der Waals surface area (Å²) in [6.07, 6.45) is 3.35. The number of nitrogens with one attached hydrogen (secondary N) is 1. The summed E-state index contributed by atoms with van der Waals surface area (Å²) >= 11 is 0. The van der Waals surface area contributed by atoms with Gasteiger partial charge < -0.3 is 10.1 Å². The first-order chi connectivity index (χ1) is 12.2. The molecule has 0 unspecified atom stereocenters. The fourth-order valence-corrected chi connectivity index (χ4v) is 2.49. The molecule has 5 heteroatoms. The molecule has 5 nitrogen and oxygen atoms in total. The minimum Gasteiger partial charge on any atom is -0.496 e. The number of hydrogen-bond donors (Lipinski definition) is 1. The minimum absolute atomic E-state index is 0.154. The highest BCUT2D eigenvalue weighted by molar-refractivity contribution is 5.95. The van der Waals surface area contributed by atoms with Gasteiger partial charge in [0.1, 0.15) is 5.75 Å². The monoisotopic (exact) mass is 333 g/mol. The Bertz CT molecular complexity index is 876. The number of hydrogen-bond acceptors (Lipinski definition) is 4. The fraction of sp³-hybridized carbons (Fsp3) is 0.150. The van der Waals surface area contributed by atoms with Crippen LogP contribution < -0.4 is 10.1 Å². The van der Waals surface area contributed by atoms with Gasteiger partial charge in [0.2, 0.25) is 0 Å². The van der Waals surface area contributed by atoms with Crippen molar-refractivity contribution in [1.29, 1.82) is 0 Å². The Hall–Kier alpha value is -3.21. The molecule has 0 radical (unpaired) electrons. The number of aryl methyl sites for hydroxylation is 1. The first kappa shape index (κ1) is 16.6. The van der Waals surface area contributed by atoms with Crippen molar-refractivity contribution in [1.82, 2.24) is 15.3 Å². The second-order valence-electron chi connectivity index (χ2n) is 5.61. The molecule has 1 aromatic heterocycles. The molecule has 3 rings (SSSR count). The van der Waals surface area contributed by atoms with Gasteiger partial charge in [-0.25, -0.2) is 0 Å². The quantitative estimate of drug-likeness (QED) is 0.777. The first-order valence-electron chi connectivity index (χ1n) is 7.96. The molecule has 1 amide bonds. The first-order valence-corrected chi connectivity index (χ1v) is 7.96. The third kappa shape index (κ3) is 4.01. The molecule has 0 bridgehead atoms. The molecule has 2 aromatic carbocycles. The molecule has 0 fully saturated rings. The van der Waals surface area contributed by atoms with E-state index < -0.39 is 0 Å². The van der Waals surface area contributed by atoms with Crippen molar-refractivity contribution in [3.8, 4) is 16.9 Å². The van der Waals surface area contributed by atoms with E-state index in [2.05, 4.69) is 15.3 Å². The normalized spacial score (nSPS) is 10.3. The average molecular weight is 333 g/mol. The number of aromatic nitrogens is 2. The standard InChI is InChI=1S/C20H19N3O2/c1-14-11-22-17(12-21-14)13-23-20(24)16-7-5-6-15(10-16)18-8-3-4-9-19(18)25-2/h3-12H,13H2,1-2H3,(H,23,24). The third-order valence-corrected chi connectivity index (χ3v) is 3.81. The maximum Gasteiger partial charge on any atom is 0.251 e. The van der Waals surface area contributed by atoms with Crippen LogP contribution in [0.4, 0.5) is 0 Å². The van der Waals surface area contributed by atoms with E-state index in [4.69, 9.17) is 4.74 Å². The molecule has 126 valence electrons. The second kappa shape index (κ2) is 7.57. The lowest BCUT2D eigenvalue weighted by atomic mass is 10.0. The smallest absolute Gasteiger partial charge is 0.251 e. The van der Waals surface area contributed by atoms with Crippen molar-refractivity contribution in [2.24, 2.45) is 0 Å². The molecule has 0 atom stereocenters. The molecule has 0 spiro atoms. The fourth-order valence-electron chi connectivity index (χ4n) is 2.49. The number of amides is 1. The van der Waals surface area contributed by atoms with E-state index in [0.717, 1.165) is 28.3 Å². The highest BCUT2D eigenvalue weighted by atomic mass is 16.5. The van der Waals surface area contributed by atoms with Crippen LogP contribution in [0.15, 0.2) is 60.9 Å². The van der Waals surface area contributed by atoms with E-state index in [9.17, 15) is 4.79 Å². The summed E-state index contributed by atoms with van der Waals surface area (Å²) in [5.41, 5.74) is 4.03. The van der Waals surface area contributed by atoms with Gasteiger partial charge in [-0.2, -0.15) is 0 Å². The predicted octanol–water partition coefficient (Wildman–Crippen LogP) is 3.39. The average Bonchev–Trinajstić information content (AvgIpc) is 2.67. The summed E-state index contributed by atoms with van der Waals surface area (Å²) in [6.45, 7) is 2.21. The lowest BCUT2D eigenvalue weighted by molar-refractivity contribution is 0.0950. The van der Waals surface area contributed by atoms with Crippen LogP contribution in [-0.4, -0.2) is 23.0 Å². The van der Waals surface area contributed by atoms with E-state index in [1.165, 1.54) is 0 Å². The minimum atomic E-state index is -0.154. The molecule has 25 heavy (non-hydrogen) atoms. The Morgan fingerprint density at radius 2 is 1.92 bits per heavy atom. The summed E-state index contributed by atoms with van der Waals surface area (Å²) in [5.74, 6) is 0.620. The molecular weight excluding hydrogens is 314 g/mol. The molecule has 1 heterocycles. The second-order valence-corrected chi connectivity index (χ2v) is 5.61. The molecule has 0 saturated carbocycles. The van der Waals surface area contributed by atoms with Crippen molar-refractivity contribution in [2.75, 3.05) is 7.11 Å². The van der Waals surface area contributed by atoms with Crippen LogP contribution in [0.25, 0.3) is 11.1 Å². The zero-order valence-corrected chi connectivity index (χ0v) is 14.2. The van der Waals surface area contributed by atoms with Crippen LogP contribution in [-0.2, 0) is 6.54 Å². The van der Waals surface area contributed by atoms with Gasteiger partial charge in [-0.1, -0.05) is 30.3 Å². The van der Waals surface area contributed by atoms with Crippen molar-refractivity contribution >= 4 is 5.91 Å². The Labute approximate surface area is 146 Å². The maximum atomic E-state index is 12.4. The zero-order valence-electron chi connectivity index (χ0n) is 14.2. The van der Waals surface area contributed by atoms with Crippen LogP contribution in [0.5, 0.6) is 5.75 Å². The zero-order chi connectivity index (χ0) is 17.6. The Morgan fingerprint density at radius 1 is 1.08 bits per heavy atom. The Balaban J connectivity index is 1.76. The SMILES string of the molecule is COc1ccccc1-c1cccc(C(=O)NCc2cnc(C)cn2)c1. The van der Waals surface area contributed by atoms with Crippen LogP contribution in [0, 0.1) is 6.92 Å². The van der Waals surface area contributed by atoms with Gasteiger partial charge in [-0.05, 0) is 30.7 Å². The summed E-state index contributed by atoms with van der Waals surface area (Å²) < 4.78 is 5.40. The van der Waals surface area contributed by atoms with E-state index >= 15 is 0 Å². The van der Waals surface area contributed by atoms with Gasteiger partial charge in [-0.3, -0.25) is 14.8 Å². The molecule has 1 N–H and O–H groups in total. The lowest BCUT2D eigenvalue weighted by Gasteiger charge is -2.10. The number of methoxy groups -OCH3 is 1. The molecule has 0 saturated heterocycles. The van der Waals surface area contributed by atoms with Gasteiger partial charge in [0.05, 0.1) is 31.2 Å². The van der Waals surface area contributed by atoms with Crippen LogP contribution in [0.2, 0.25) is 0 Å². The molecule has 0 aliphatic carbocycles. The van der Waals surface area contributed by atoms with Crippen LogP contribution in [0.1, 0.15) is 21.7 Å². The Morgan fingerprint density at radius 3 is 2.68 bits per heavy atom. The van der Waals surface area contributed by atoms with Crippen molar-refractivity contribution in [3.05, 3.63) is 77.9 Å². The third-order valence-electron chi connectivity index (χ3n) is 3.81. The van der Waals surface area contributed by atoms with Gasteiger partial charge in [0.15, 0.2) is 0 Å². The van der Waals surface area contributed by atoms with Gasteiger partial charge in [-0.15, -0.1) is 0 Å². The highest BCUT2D eigenvalue weighted by Crippen LogP contribution is 2.29. The molecular formula is C20H19N3O2. The van der Waals surface area contributed by atoms with Crippen molar-refractivity contribution in [2.45, 2.75) is 13.5 Å².